The second kappa shape index (κ2) is 11.7. The van der Waals surface area contributed by atoms with Gasteiger partial charge >= 0.3 is 0 Å². The summed E-state index contributed by atoms with van der Waals surface area (Å²) in [5.41, 5.74) is 9.53. The largest absolute Gasteiger partial charge is 0.379 e. The van der Waals surface area contributed by atoms with Gasteiger partial charge in [-0.1, -0.05) is 41.6 Å². The van der Waals surface area contributed by atoms with Crippen molar-refractivity contribution in [1.82, 2.24) is 9.97 Å². The van der Waals surface area contributed by atoms with Crippen molar-refractivity contribution in [2.24, 2.45) is 10.7 Å². The van der Waals surface area contributed by atoms with Gasteiger partial charge in [0.1, 0.15) is 0 Å². The summed E-state index contributed by atoms with van der Waals surface area (Å²) in [4.78, 5) is 11.5. The molecule has 22 heavy (non-hydrogen) atoms. The maximum Gasteiger partial charge on any atom is 0.154 e. The van der Waals surface area contributed by atoms with Gasteiger partial charge in [0.05, 0.1) is 12.9 Å². The summed E-state index contributed by atoms with van der Waals surface area (Å²) in [5.74, 6) is 0.974. The summed E-state index contributed by atoms with van der Waals surface area (Å²) in [6.07, 6.45) is 5.63. The number of nitrogens with two attached hydrogens (primary N) is 1. The number of amidine groups is 1. The normalized spacial score (nSPS) is 10.7. The molecule has 0 amide bonds. The molecule has 122 valence electrons. The van der Waals surface area contributed by atoms with E-state index in [0.717, 1.165) is 18.6 Å². The molecule has 0 aliphatic carbocycles. The van der Waals surface area contributed by atoms with Crippen molar-refractivity contribution >= 4 is 50.9 Å². The number of imidazole rings is 1. The lowest BCUT2D eigenvalue weighted by molar-refractivity contribution is 0.903. The topological polar surface area (TPSA) is 67.1 Å². The number of aromatic nitrogens is 2. The summed E-state index contributed by atoms with van der Waals surface area (Å²) >= 11 is 1.61. The van der Waals surface area contributed by atoms with Gasteiger partial charge in [0.25, 0.3) is 0 Å². The highest BCUT2D eigenvalue weighted by atomic mass is 79.9. The van der Waals surface area contributed by atoms with Crippen LogP contribution < -0.4 is 5.73 Å². The summed E-state index contributed by atoms with van der Waals surface area (Å²) < 4.78 is 0. The molecule has 3 N–H and O–H groups in total. The number of hydrogen-bond acceptors (Lipinski definition) is 3. The average molecular weight is 450 g/mol. The van der Waals surface area contributed by atoms with Gasteiger partial charge in [-0.25, -0.2) is 4.98 Å². The molecule has 7 heteroatoms. The number of nitrogens with zero attached hydrogens (tertiary/aromatic N) is 2. The van der Waals surface area contributed by atoms with Crippen LogP contribution in [0.4, 0.5) is 0 Å². The first kappa shape index (κ1) is 21.2. The standard InChI is InChI=1S/C15H20N4S.2BrH/c1-12-4-6-13(7-5-12)9-18-15(16)20-8-2-3-14-10-17-11-19-14;;/h4-7,10-11H,2-3,8-9H2,1H3,(H2,16,18)(H,17,19);2*1H. The van der Waals surface area contributed by atoms with E-state index in [9.17, 15) is 0 Å². The van der Waals surface area contributed by atoms with Gasteiger partial charge in [-0.3, -0.25) is 4.99 Å². The van der Waals surface area contributed by atoms with Crippen LogP contribution in [0.5, 0.6) is 0 Å². The Morgan fingerprint density at radius 3 is 2.64 bits per heavy atom. The van der Waals surface area contributed by atoms with Crippen molar-refractivity contribution < 1.29 is 0 Å². The van der Waals surface area contributed by atoms with Gasteiger partial charge in [-0.05, 0) is 25.3 Å². The Kier molecular flexibility index (Phi) is 11.3. The molecule has 0 aliphatic rings. The zero-order valence-corrected chi connectivity index (χ0v) is 16.7. The van der Waals surface area contributed by atoms with E-state index in [1.54, 1.807) is 18.1 Å². The van der Waals surface area contributed by atoms with Crippen LogP contribution >= 0.6 is 45.7 Å². The van der Waals surface area contributed by atoms with E-state index in [1.165, 1.54) is 16.8 Å². The van der Waals surface area contributed by atoms with Crippen molar-refractivity contribution in [3.63, 3.8) is 0 Å². The first-order valence-electron chi connectivity index (χ1n) is 6.69. The molecule has 0 fully saturated rings. The van der Waals surface area contributed by atoms with Crippen molar-refractivity contribution in [3.8, 4) is 0 Å². The van der Waals surface area contributed by atoms with Crippen molar-refractivity contribution in [2.75, 3.05) is 5.75 Å². The molecular formula is C15H22Br2N4S. The van der Waals surface area contributed by atoms with Gasteiger partial charge in [0.2, 0.25) is 0 Å². The van der Waals surface area contributed by atoms with Crippen LogP contribution in [0.1, 0.15) is 23.2 Å². The number of aryl methyl sites for hydroxylation is 2. The Balaban J connectivity index is 0.00000220. The first-order chi connectivity index (χ1) is 9.74. The first-order valence-corrected chi connectivity index (χ1v) is 7.68. The lowest BCUT2D eigenvalue weighted by Gasteiger charge is -2.02. The fraction of sp³-hybridized carbons (Fsp3) is 0.333. The molecule has 0 aliphatic heterocycles. The van der Waals surface area contributed by atoms with Crippen LogP contribution in [0.3, 0.4) is 0 Å². The van der Waals surface area contributed by atoms with Gasteiger partial charge in [0, 0.05) is 17.6 Å². The monoisotopic (exact) mass is 448 g/mol. The summed E-state index contributed by atoms with van der Waals surface area (Å²) in [7, 11) is 0. The molecule has 0 radical (unpaired) electrons. The van der Waals surface area contributed by atoms with E-state index in [1.807, 2.05) is 6.20 Å². The Morgan fingerprint density at radius 1 is 1.27 bits per heavy atom. The average Bonchev–Trinajstić information content (AvgIpc) is 2.96. The minimum absolute atomic E-state index is 0. The Labute approximate surface area is 156 Å². The predicted molar refractivity (Wildman–Crippen MR) is 107 cm³/mol. The van der Waals surface area contributed by atoms with E-state index in [-0.39, 0.29) is 34.0 Å². The van der Waals surface area contributed by atoms with Crippen LogP contribution in [0, 0.1) is 6.92 Å². The smallest absolute Gasteiger partial charge is 0.154 e. The van der Waals surface area contributed by atoms with Crippen molar-refractivity contribution in [3.05, 3.63) is 53.6 Å². The van der Waals surface area contributed by atoms with Crippen molar-refractivity contribution in [1.29, 1.82) is 0 Å². The molecule has 0 spiro atoms. The predicted octanol–water partition coefficient (Wildman–Crippen LogP) is 4.05. The van der Waals surface area contributed by atoms with E-state index < -0.39 is 0 Å². The number of aromatic amines is 1. The molecule has 0 bridgehead atoms. The molecule has 0 saturated carbocycles. The third kappa shape index (κ3) is 8.00. The van der Waals surface area contributed by atoms with E-state index in [4.69, 9.17) is 5.73 Å². The minimum atomic E-state index is 0. The van der Waals surface area contributed by atoms with E-state index in [2.05, 4.69) is 46.1 Å². The lowest BCUT2D eigenvalue weighted by Crippen LogP contribution is -2.08. The van der Waals surface area contributed by atoms with Crippen molar-refractivity contribution in [2.45, 2.75) is 26.3 Å². The number of halogens is 2. The van der Waals surface area contributed by atoms with E-state index >= 15 is 0 Å². The maximum atomic E-state index is 5.90. The molecule has 1 aromatic heterocycles. The molecule has 0 unspecified atom stereocenters. The maximum absolute atomic E-state index is 5.90. The number of hydrogen-bond donors (Lipinski definition) is 2. The van der Waals surface area contributed by atoms with Gasteiger partial charge in [-0.2, -0.15) is 0 Å². The molecule has 4 nitrogen and oxygen atoms in total. The summed E-state index contributed by atoms with van der Waals surface area (Å²) in [6, 6.07) is 8.38. The quantitative estimate of drug-likeness (QED) is 0.397. The molecule has 1 aromatic carbocycles. The molecule has 2 rings (SSSR count). The van der Waals surface area contributed by atoms with Crippen LogP contribution in [0.15, 0.2) is 41.8 Å². The number of H-pyrrole nitrogens is 1. The third-order valence-electron chi connectivity index (χ3n) is 2.93. The van der Waals surface area contributed by atoms with E-state index in [0.29, 0.717) is 11.7 Å². The molecule has 0 atom stereocenters. The lowest BCUT2D eigenvalue weighted by atomic mass is 10.1. The fourth-order valence-corrected chi connectivity index (χ4v) is 2.42. The molecule has 0 saturated heterocycles. The SMILES string of the molecule is Br.Br.Cc1ccc(CN=C(N)SCCCc2cnc[nH]2)cc1. The number of thioether (sulfide) groups is 1. The number of nitrogens with one attached hydrogen (secondary N) is 1. The number of rotatable bonds is 6. The highest BCUT2D eigenvalue weighted by molar-refractivity contribution is 8.93. The van der Waals surface area contributed by atoms with Crippen LogP contribution in [-0.4, -0.2) is 20.9 Å². The number of benzene rings is 1. The number of aliphatic imine (C=N–C) groups is 1. The Bertz CT molecular complexity index is 541. The van der Waals surface area contributed by atoms with Crippen LogP contribution in [-0.2, 0) is 13.0 Å². The highest BCUT2D eigenvalue weighted by Gasteiger charge is 1.98. The van der Waals surface area contributed by atoms with Gasteiger partial charge in [0.15, 0.2) is 5.17 Å². The second-order valence-corrected chi connectivity index (χ2v) is 5.78. The third-order valence-corrected chi connectivity index (χ3v) is 3.85. The summed E-state index contributed by atoms with van der Waals surface area (Å²) in [6.45, 7) is 2.73. The van der Waals surface area contributed by atoms with Crippen LogP contribution in [0.25, 0.3) is 0 Å². The zero-order valence-electron chi connectivity index (χ0n) is 12.5. The highest BCUT2D eigenvalue weighted by Crippen LogP contribution is 2.09. The second-order valence-electron chi connectivity index (χ2n) is 4.67. The minimum Gasteiger partial charge on any atom is -0.379 e. The fourth-order valence-electron chi connectivity index (χ4n) is 1.77. The van der Waals surface area contributed by atoms with Crippen LogP contribution in [0.2, 0.25) is 0 Å². The molecule has 2 aromatic rings. The molecular weight excluding hydrogens is 428 g/mol. The van der Waals surface area contributed by atoms with Gasteiger partial charge < -0.3 is 10.7 Å². The summed E-state index contributed by atoms with van der Waals surface area (Å²) in [5, 5.41) is 0.662. The molecule has 1 heterocycles. The Hall–Kier alpha value is -0.790. The zero-order chi connectivity index (χ0) is 14.2. The van der Waals surface area contributed by atoms with Gasteiger partial charge in [-0.15, -0.1) is 34.0 Å². The Morgan fingerprint density at radius 2 is 2.00 bits per heavy atom.